The molecule has 1 saturated carbocycles. The predicted octanol–water partition coefficient (Wildman–Crippen LogP) is 2.43. The van der Waals surface area contributed by atoms with Crippen molar-refractivity contribution in [2.45, 2.75) is 59.1 Å². The molecule has 0 bridgehead atoms. The first-order chi connectivity index (χ1) is 9.50. The fourth-order valence-electron chi connectivity index (χ4n) is 2.66. The van der Waals surface area contributed by atoms with Gasteiger partial charge in [0.05, 0.1) is 6.10 Å². The topological polar surface area (TPSA) is 70.1 Å². The van der Waals surface area contributed by atoms with Gasteiger partial charge in [0.1, 0.15) is 18.0 Å². The summed E-state index contributed by atoms with van der Waals surface area (Å²) in [5.41, 5.74) is 1.04. The minimum atomic E-state index is -0.232. The smallest absolute Gasteiger partial charge is 0.134 e. The third kappa shape index (κ3) is 2.73. The molecule has 1 aliphatic carbocycles. The van der Waals surface area contributed by atoms with Gasteiger partial charge in [-0.05, 0) is 19.8 Å². The molecule has 2 unspecified atom stereocenters. The molecule has 2 rings (SSSR count). The Labute approximate surface area is 121 Å². The van der Waals surface area contributed by atoms with Crippen LogP contribution in [-0.2, 0) is 6.42 Å². The molecule has 0 aliphatic heterocycles. The number of rotatable bonds is 6. The molecule has 5 heteroatoms. The standard InChI is InChI=1S/C15H26N4O/c1-5-7-10-13(16-6-2)17-9-18-14(10)19-11-8-12(20)15(11,3)4/h9,11-12,20H,5-8H2,1-4H3,(H2,16,17,18,19). The first-order valence-electron chi connectivity index (χ1n) is 7.53. The van der Waals surface area contributed by atoms with E-state index in [4.69, 9.17) is 0 Å². The van der Waals surface area contributed by atoms with Gasteiger partial charge in [-0.2, -0.15) is 0 Å². The third-order valence-corrected chi connectivity index (χ3v) is 4.32. The van der Waals surface area contributed by atoms with Gasteiger partial charge in [0.2, 0.25) is 0 Å². The quantitative estimate of drug-likeness (QED) is 0.745. The van der Waals surface area contributed by atoms with Crippen molar-refractivity contribution in [3.63, 3.8) is 0 Å². The van der Waals surface area contributed by atoms with Gasteiger partial charge in [0.25, 0.3) is 0 Å². The summed E-state index contributed by atoms with van der Waals surface area (Å²) < 4.78 is 0. The van der Waals surface area contributed by atoms with Crippen LogP contribution < -0.4 is 10.6 Å². The van der Waals surface area contributed by atoms with Crippen molar-refractivity contribution in [2.75, 3.05) is 17.2 Å². The van der Waals surface area contributed by atoms with Gasteiger partial charge in [-0.15, -0.1) is 0 Å². The van der Waals surface area contributed by atoms with E-state index in [0.29, 0.717) is 0 Å². The fraction of sp³-hybridized carbons (Fsp3) is 0.733. The van der Waals surface area contributed by atoms with E-state index >= 15 is 0 Å². The molecule has 20 heavy (non-hydrogen) atoms. The van der Waals surface area contributed by atoms with Crippen LogP contribution in [0.1, 0.15) is 46.1 Å². The van der Waals surface area contributed by atoms with Crippen molar-refractivity contribution in [3.05, 3.63) is 11.9 Å². The van der Waals surface area contributed by atoms with Crippen LogP contribution in [0.3, 0.4) is 0 Å². The van der Waals surface area contributed by atoms with Crippen LogP contribution in [0, 0.1) is 5.41 Å². The number of nitrogens with zero attached hydrogens (tertiary/aromatic N) is 2. The Balaban J connectivity index is 2.20. The molecule has 112 valence electrons. The summed E-state index contributed by atoms with van der Waals surface area (Å²) in [6, 6.07) is 0.262. The second-order valence-electron chi connectivity index (χ2n) is 6.10. The number of hydrogen-bond donors (Lipinski definition) is 3. The summed E-state index contributed by atoms with van der Waals surface area (Å²) in [6.07, 6.45) is 4.14. The van der Waals surface area contributed by atoms with Crippen LogP contribution in [-0.4, -0.2) is 33.8 Å². The molecule has 1 aromatic rings. The summed E-state index contributed by atoms with van der Waals surface area (Å²) in [7, 11) is 0. The maximum absolute atomic E-state index is 9.85. The van der Waals surface area contributed by atoms with Gasteiger partial charge in [-0.1, -0.05) is 27.2 Å². The van der Waals surface area contributed by atoms with Crippen LogP contribution in [0.15, 0.2) is 6.33 Å². The number of hydrogen-bond acceptors (Lipinski definition) is 5. The van der Waals surface area contributed by atoms with Crippen LogP contribution in [0.4, 0.5) is 11.6 Å². The van der Waals surface area contributed by atoms with Crippen molar-refractivity contribution in [3.8, 4) is 0 Å². The van der Waals surface area contributed by atoms with Crippen LogP contribution in [0.25, 0.3) is 0 Å². The van der Waals surface area contributed by atoms with Gasteiger partial charge in [-0.3, -0.25) is 0 Å². The molecule has 0 spiro atoms. The van der Waals surface area contributed by atoms with E-state index in [0.717, 1.165) is 43.0 Å². The monoisotopic (exact) mass is 278 g/mol. The number of nitrogens with one attached hydrogen (secondary N) is 2. The largest absolute Gasteiger partial charge is 0.392 e. The van der Waals surface area contributed by atoms with Crippen molar-refractivity contribution in [2.24, 2.45) is 5.41 Å². The molecule has 0 radical (unpaired) electrons. The molecule has 3 N–H and O–H groups in total. The first-order valence-corrected chi connectivity index (χ1v) is 7.53. The summed E-state index contributed by atoms with van der Waals surface area (Å²) in [4.78, 5) is 8.75. The van der Waals surface area contributed by atoms with E-state index in [9.17, 15) is 5.11 Å². The van der Waals surface area contributed by atoms with Crippen molar-refractivity contribution >= 4 is 11.6 Å². The minimum absolute atomic E-state index is 0.104. The van der Waals surface area contributed by atoms with Crippen LogP contribution in [0.5, 0.6) is 0 Å². The fourth-order valence-corrected chi connectivity index (χ4v) is 2.66. The summed E-state index contributed by atoms with van der Waals surface area (Å²) in [5.74, 6) is 1.83. The highest BCUT2D eigenvalue weighted by Crippen LogP contribution is 2.42. The van der Waals surface area contributed by atoms with E-state index < -0.39 is 0 Å². The van der Waals surface area contributed by atoms with E-state index in [1.807, 2.05) is 0 Å². The summed E-state index contributed by atoms with van der Waals surface area (Å²) >= 11 is 0. The molecular formula is C15H26N4O. The first kappa shape index (κ1) is 15.0. The Morgan fingerprint density at radius 2 is 2.00 bits per heavy atom. The molecule has 0 aromatic carbocycles. The van der Waals surface area contributed by atoms with Crippen molar-refractivity contribution in [1.29, 1.82) is 0 Å². The maximum Gasteiger partial charge on any atom is 0.134 e. The molecule has 1 aliphatic rings. The molecule has 0 saturated heterocycles. The van der Waals surface area contributed by atoms with Crippen molar-refractivity contribution < 1.29 is 5.11 Å². The molecular weight excluding hydrogens is 252 g/mol. The number of anilines is 2. The number of aromatic nitrogens is 2. The van der Waals surface area contributed by atoms with Gasteiger partial charge in [-0.25, -0.2) is 9.97 Å². The Bertz CT molecular complexity index is 461. The minimum Gasteiger partial charge on any atom is -0.392 e. The summed E-state index contributed by atoms with van der Waals surface area (Å²) in [6.45, 7) is 9.25. The van der Waals surface area contributed by atoms with Crippen LogP contribution in [0.2, 0.25) is 0 Å². The summed E-state index contributed by atoms with van der Waals surface area (Å²) in [5, 5.41) is 16.7. The molecule has 5 nitrogen and oxygen atoms in total. The highest BCUT2D eigenvalue weighted by Gasteiger charge is 2.47. The van der Waals surface area contributed by atoms with Gasteiger partial charge < -0.3 is 15.7 Å². The third-order valence-electron chi connectivity index (χ3n) is 4.32. The highest BCUT2D eigenvalue weighted by molar-refractivity contribution is 5.58. The van der Waals surface area contributed by atoms with Gasteiger partial charge in [0, 0.05) is 23.6 Å². The lowest BCUT2D eigenvalue weighted by molar-refractivity contribution is -0.0511. The zero-order chi connectivity index (χ0) is 14.8. The molecule has 1 heterocycles. The van der Waals surface area contributed by atoms with E-state index in [-0.39, 0.29) is 17.6 Å². The molecule has 1 fully saturated rings. The lowest BCUT2D eigenvalue weighted by atomic mass is 9.64. The second kappa shape index (κ2) is 5.95. The van der Waals surface area contributed by atoms with E-state index in [1.54, 1.807) is 6.33 Å². The Kier molecular flexibility index (Phi) is 4.48. The average Bonchev–Trinajstić information content (AvgIpc) is 2.42. The van der Waals surface area contributed by atoms with Gasteiger partial charge >= 0.3 is 0 Å². The normalized spacial score (nSPS) is 24.1. The predicted molar refractivity (Wildman–Crippen MR) is 82.0 cm³/mol. The number of aliphatic hydroxyl groups excluding tert-OH is 1. The molecule has 0 amide bonds. The SMILES string of the molecule is CCCc1c(NCC)ncnc1NC1CC(O)C1(C)C. The molecule has 2 atom stereocenters. The Hall–Kier alpha value is -1.36. The van der Waals surface area contributed by atoms with E-state index in [1.165, 1.54) is 0 Å². The second-order valence-corrected chi connectivity index (χ2v) is 6.10. The Morgan fingerprint density at radius 1 is 1.30 bits per heavy atom. The van der Waals surface area contributed by atoms with Crippen molar-refractivity contribution in [1.82, 2.24) is 9.97 Å². The maximum atomic E-state index is 9.85. The zero-order valence-electron chi connectivity index (χ0n) is 12.9. The highest BCUT2D eigenvalue weighted by atomic mass is 16.3. The Morgan fingerprint density at radius 3 is 2.55 bits per heavy atom. The number of aliphatic hydroxyl groups is 1. The van der Waals surface area contributed by atoms with Crippen LogP contribution >= 0.6 is 0 Å². The zero-order valence-corrected chi connectivity index (χ0v) is 12.9. The van der Waals surface area contributed by atoms with Gasteiger partial charge in [0.15, 0.2) is 0 Å². The average molecular weight is 278 g/mol. The lowest BCUT2D eigenvalue weighted by Crippen LogP contribution is -2.57. The molecule has 1 aromatic heterocycles. The lowest BCUT2D eigenvalue weighted by Gasteiger charge is -2.49. The van der Waals surface area contributed by atoms with E-state index in [2.05, 4.69) is 48.3 Å².